The van der Waals surface area contributed by atoms with Crippen LogP contribution in [0, 0.1) is 11.6 Å². The lowest BCUT2D eigenvalue weighted by Gasteiger charge is -2.18. The van der Waals surface area contributed by atoms with Crippen LogP contribution in [-0.2, 0) is 0 Å². The Kier molecular flexibility index (Phi) is 19.9. The van der Waals surface area contributed by atoms with Crippen molar-refractivity contribution < 1.29 is 76.9 Å². The smallest absolute Gasteiger partial charge is 0.340 e. The average molecular weight is 1010 g/mol. The zero-order chi connectivity index (χ0) is 53.0. The summed E-state index contributed by atoms with van der Waals surface area (Å²) in [6.07, 6.45) is 11.2. The van der Waals surface area contributed by atoms with Gasteiger partial charge in [0.2, 0.25) is 0 Å². The molecule has 0 amide bonds. The van der Waals surface area contributed by atoms with Crippen molar-refractivity contribution in [2.45, 2.75) is 51.4 Å². The van der Waals surface area contributed by atoms with Crippen LogP contribution in [0.5, 0.6) is 23.0 Å². The molecule has 14 nitrogen and oxygen atoms in total. The fraction of sp³-hybridized carbons (Fsp3) is 0.207. The topological polar surface area (TPSA) is 220 Å². The maximum absolute atomic E-state index is 13.1. The predicted octanol–water partition coefficient (Wildman–Crippen LogP) is 12.3. The largest absolute Gasteiger partial charge is 0.494 e. The Morgan fingerprint density at radius 1 is 0.365 bits per heavy atom. The van der Waals surface area contributed by atoms with E-state index in [-0.39, 0.29) is 47.4 Å². The second-order valence-corrected chi connectivity index (χ2v) is 16.7. The molecule has 0 unspecified atom stereocenters. The Morgan fingerprint density at radius 3 is 0.986 bits per heavy atom. The molecule has 74 heavy (non-hydrogen) atoms. The highest BCUT2D eigenvalue weighted by molar-refractivity contribution is 6.13. The van der Waals surface area contributed by atoms with Gasteiger partial charge in [0.25, 0.3) is 0 Å². The molecular weight excluding hydrogens is 959 g/mol. The van der Waals surface area contributed by atoms with Crippen molar-refractivity contribution in [2.75, 3.05) is 26.4 Å². The number of carbonyl (C=O) groups excluding carboxylic acids is 2. The van der Waals surface area contributed by atoms with Crippen molar-refractivity contribution in [3.05, 3.63) is 190 Å². The van der Waals surface area contributed by atoms with Crippen molar-refractivity contribution in [3.8, 4) is 34.1 Å². The van der Waals surface area contributed by atoms with Gasteiger partial charge in [-0.1, -0.05) is 36.4 Å². The summed E-state index contributed by atoms with van der Waals surface area (Å²) < 4.78 is 49.4. The van der Waals surface area contributed by atoms with E-state index < -0.39 is 57.8 Å². The fourth-order valence-corrected chi connectivity index (χ4v) is 7.70. The number of rotatable bonds is 29. The van der Waals surface area contributed by atoms with Gasteiger partial charge < -0.3 is 39.4 Å². The first-order valence-electron chi connectivity index (χ1n) is 23.6. The van der Waals surface area contributed by atoms with Crippen molar-refractivity contribution in [2.24, 2.45) is 0 Å². The minimum atomic E-state index is -1.70. The van der Waals surface area contributed by atoms with E-state index in [4.69, 9.17) is 18.9 Å². The summed E-state index contributed by atoms with van der Waals surface area (Å²) in [5, 5.41) is 41.0. The standard InChI is InChI=1S/C58H52F2O14/c59-41-19-15-39(16-20-41)47(61)29-13-37-9-23-43(24-10-37)71-33-5-1-3-7-35-73-49-31-27-45(51(55(63)64)53(49)57(67)68)46-28-32-50(54(58(69)70)52(46)56(65)66)74-36-8-4-2-6-34-72-44-25-11-38(12-26-44)14-30-48(62)40-17-21-42(60)22-18-40/h9-32H,1-8,33-36H2,(H,63,64)(H,65,66)(H,67,68)(H,69,70)/b29-13+,30-14+. The SMILES string of the molecule is O=C(/C=C/c1ccc(OCCCCCCOc2ccc(-c3ccc(OCCCCCCOc4ccc(/C=C/C(=O)c5ccc(F)cc5)cc4)c(C(=O)O)c3C(=O)O)c(C(=O)O)c2C(=O)O)cc1)c1ccc(F)cc1. The van der Waals surface area contributed by atoms with Crippen LogP contribution < -0.4 is 18.9 Å². The molecule has 0 aromatic heterocycles. The van der Waals surface area contributed by atoms with E-state index in [1.165, 1.54) is 84.9 Å². The minimum Gasteiger partial charge on any atom is -0.494 e. The number of allylic oxidation sites excluding steroid dienone is 2. The summed E-state index contributed by atoms with van der Waals surface area (Å²) >= 11 is 0. The molecule has 6 rings (SSSR count). The molecule has 0 heterocycles. The maximum atomic E-state index is 13.1. The lowest BCUT2D eigenvalue weighted by Crippen LogP contribution is -2.16. The number of hydrogen-bond acceptors (Lipinski definition) is 10. The van der Waals surface area contributed by atoms with Crippen LogP contribution in [0.2, 0.25) is 0 Å². The number of benzene rings is 6. The van der Waals surface area contributed by atoms with Crippen LogP contribution in [0.4, 0.5) is 8.78 Å². The Bertz CT molecular complexity index is 2790. The van der Waals surface area contributed by atoms with Gasteiger partial charge in [-0.3, -0.25) is 9.59 Å². The molecule has 4 N–H and O–H groups in total. The van der Waals surface area contributed by atoms with E-state index in [1.54, 1.807) is 60.7 Å². The molecule has 0 aliphatic heterocycles. The van der Waals surface area contributed by atoms with Gasteiger partial charge in [0.1, 0.15) is 45.8 Å². The lowest BCUT2D eigenvalue weighted by atomic mass is 9.89. The maximum Gasteiger partial charge on any atom is 0.340 e. The summed E-state index contributed by atoms with van der Waals surface area (Å²) in [6, 6.07) is 29.6. The summed E-state index contributed by atoms with van der Waals surface area (Å²) in [5.41, 5.74) is -1.43. The first-order valence-corrected chi connectivity index (χ1v) is 23.6. The summed E-state index contributed by atoms with van der Waals surface area (Å²) in [6.45, 7) is 0.880. The van der Waals surface area contributed by atoms with Crippen LogP contribution in [0.15, 0.2) is 133 Å². The molecule has 0 spiro atoms. The third-order valence-electron chi connectivity index (χ3n) is 11.5. The van der Waals surface area contributed by atoms with Gasteiger partial charge in [-0.2, -0.15) is 0 Å². The fourth-order valence-electron chi connectivity index (χ4n) is 7.70. The number of unbranched alkanes of at least 4 members (excludes halogenated alkanes) is 6. The monoisotopic (exact) mass is 1010 g/mol. The number of halogens is 2. The normalized spacial score (nSPS) is 11.1. The van der Waals surface area contributed by atoms with Crippen LogP contribution in [0.3, 0.4) is 0 Å². The zero-order valence-electron chi connectivity index (χ0n) is 40.0. The first-order chi connectivity index (χ1) is 35.7. The van der Waals surface area contributed by atoms with E-state index in [2.05, 4.69) is 0 Å². The van der Waals surface area contributed by atoms with Crippen molar-refractivity contribution in [1.29, 1.82) is 0 Å². The number of carboxylic acids is 4. The Morgan fingerprint density at radius 2 is 0.676 bits per heavy atom. The molecule has 0 saturated heterocycles. The number of ether oxygens (including phenoxy) is 4. The van der Waals surface area contributed by atoms with Crippen LogP contribution in [0.25, 0.3) is 23.3 Å². The van der Waals surface area contributed by atoms with Crippen LogP contribution >= 0.6 is 0 Å². The molecule has 0 radical (unpaired) electrons. The van der Waals surface area contributed by atoms with Crippen molar-refractivity contribution >= 4 is 47.6 Å². The van der Waals surface area contributed by atoms with E-state index >= 15 is 0 Å². The average Bonchev–Trinajstić information content (AvgIpc) is 3.39. The molecule has 0 saturated carbocycles. The highest BCUT2D eigenvalue weighted by Gasteiger charge is 2.31. The third kappa shape index (κ3) is 15.5. The molecule has 0 aliphatic rings. The summed E-state index contributed by atoms with van der Waals surface area (Å²) in [4.78, 5) is 75.2. The van der Waals surface area contributed by atoms with Gasteiger partial charge in [-0.05, 0) is 183 Å². The van der Waals surface area contributed by atoms with Gasteiger partial charge in [-0.25, -0.2) is 28.0 Å². The molecule has 6 aromatic rings. The van der Waals surface area contributed by atoms with Gasteiger partial charge in [0, 0.05) is 11.1 Å². The van der Waals surface area contributed by atoms with E-state index in [0.717, 1.165) is 24.0 Å². The highest BCUT2D eigenvalue weighted by Crippen LogP contribution is 2.38. The Balaban J connectivity index is 0.961. The molecule has 0 bridgehead atoms. The van der Waals surface area contributed by atoms with Gasteiger partial charge in [0.15, 0.2) is 11.6 Å². The van der Waals surface area contributed by atoms with E-state index in [9.17, 15) is 58.0 Å². The number of carbonyl (C=O) groups is 6. The molecular formula is C58H52F2O14. The molecule has 0 atom stereocenters. The molecule has 0 fully saturated rings. The second kappa shape index (κ2) is 27.1. The second-order valence-electron chi connectivity index (χ2n) is 16.7. The highest BCUT2D eigenvalue weighted by atomic mass is 19.1. The van der Waals surface area contributed by atoms with Crippen molar-refractivity contribution in [3.63, 3.8) is 0 Å². The van der Waals surface area contributed by atoms with E-state index in [0.29, 0.717) is 74.4 Å². The van der Waals surface area contributed by atoms with Crippen LogP contribution in [0.1, 0.15) is 125 Å². The molecule has 6 aromatic carbocycles. The van der Waals surface area contributed by atoms with Crippen LogP contribution in [-0.4, -0.2) is 82.3 Å². The number of aromatic carboxylic acids is 4. The minimum absolute atomic E-state index is 0.0310. The van der Waals surface area contributed by atoms with Crippen molar-refractivity contribution in [1.82, 2.24) is 0 Å². The first kappa shape index (κ1) is 54.4. The Labute approximate surface area is 424 Å². The number of hydrogen-bond donors (Lipinski definition) is 4. The summed E-state index contributed by atoms with van der Waals surface area (Å²) in [5.74, 6) is -7.34. The van der Waals surface area contributed by atoms with Gasteiger partial charge in [0.05, 0.1) is 37.6 Å². The quantitative estimate of drug-likeness (QED) is 0.0195. The molecule has 16 heteroatoms. The summed E-state index contributed by atoms with van der Waals surface area (Å²) in [7, 11) is 0. The number of carboxylic acid groups (broad SMARTS) is 4. The van der Waals surface area contributed by atoms with Gasteiger partial charge in [-0.15, -0.1) is 0 Å². The third-order valence-corrected chi connectivity index (χ3v) is 11.5. The Hall–Kier alpha value is -8.92. The predicted molar refractivity (Wildman–Crippen MR) is 271 cm³/mol. The van der Waals surface area contributed by atoms with Gasteiger partial charge >= 0.3 is 23.9 Å². The molecule has 0 aliphatic carbocycles. The lowest BCUT2D eigenvalue weighted by molar-refractivity contribution is 0.0646. The van der Waals surface area contributed by atoms with E-state index in [1.807, 2.05) is 0 Å². The molecule has 382 valence electrons. The number of ketones is 2. The zero-order valence-corrected chi connectivity index (χ0v) is 40.0.